The van der Waals surface area contributed by atoms with E-state index in [1.54, 1.807) is 11.8 Å². The second kappa shape index (κ2) is 12.6. The van der Waals surface area contributed by atoms with Crippen molar-refractivity contribution < 1.29 is 19.2 Å². The zero-order valence-corrected chi connectivity index (χ0v) is 21.0. The molecule has 3 fully saturated rings. The summed E-state index contributed by atoms with van der Waals surface area (Å²) in [5.74, 6) is 0.792. The normalized spacial score (nSPS) is 30.3. The Morgan fingerprint density at radius 3 is 2.21 bits per heavy atom. The molecule has 3 aliphatic heterocycles. The summed E-state index contributed by atoms with van der Waals surface area (Å²) in [5, 5.41) is 2.86. The predicted octanol–water partition coefficient (Wildman–Crippen LogP) is 3.59. The van der Waals surface area contributed by atoms with Gasteiger partial charge in [-0.1, -0.05) is 49.0 Å². The van der Waals surface area contributed by atoms with Gasteiger partial charge in [-0.25, -0.2) is 0 Å². The Bertz CT molecular complexity index is 703. The first kappa shape index (κ1) is 29.3. The van der Waals surface area contributed by atoms with E-state index in [0.717, 1.165) is 25.2 Å². The molecule has 3 saturated heterocycles. The third-order valence-electron chi connectivity index (χ3n) is 6.36. The molecule has 7 nitrogen and oxygen atoms in total. The van der Waals surface area contributed by atoms with Crippen LogP contribution >= 0.6 is 0 Å². The highest BCUT2D eigenvalue weighted by molar-refractivity contribution is 5.94. The van der Waals surface area contributed by atoms with Gasteiger partial charge in [0, 0.05) is 12.8 Å². The van der Waals surface area contributed by atoms with Crippen molar-refractivity contribution in [1.29, 1.82) is 0 Å². The molecule has 0 bridgehead atoms. The molecule has 190 valence electrons. The number of amides is 2. The number of fused-ring (bicyclic) bond motifs is 2. The quantitative estimate of drug-likeness (QED) is 0.641. The van der Waals surface area contributed by atoms with Crippen molar-refractivity contribution in [3.63, 3.8) is 0 Å². The van der Waals surface area contributed by atoms with Crippen LogP contribution in [-0.2, 0) is 19.2 Å². The number of hydrogen-bond acceptors (Lipinski definition) is 5. The molecular weight excluding hydrogens is 418 g/mol. The van der Waals surface area contributed by atoms with E-state index in [9.17, 15) is 19.2 Å². The third kappa shape index (κ3) is 7.36. The number of Topliss-reactive ketones (excluding diaryl/α,β-unsaturated/α-hetero) is 2. The van der Waals surface area contributed by atoms with Crippen molar-refractivity contribution in [2.45, 2.75) is 125 Å². The minimum atomic E-state index is -0.594. The van der Waals surface area contributed by atoms with Crippen molar-refractivity contribution in [2.24, 2.45) is 11.8 Å². The Morgan fingerprint density at radius 1 is 1.09 bits per heavy atom. The van der Waals surface area contributed by atoms with Gasteiger partial charge in [0.05, 0.1) is 24.2 Å². The van der Waals surface area contributed by atoms with E-state index in [0.29, 0.717) is 13.0 Å². The maximum atomic E-state index is 13.3. The molecule has 2 amide bonds. The highest BCUT2D eigenvalue weighted by atomic mass is 16.2. The molecule has 0 aromatic heterocycles. The molecule has 3 heterocycles. The zero-order valence-electron chi connectivity index (χ0n) is 21.0. The van der Waals surface area contributed by atoms with E-state index in [-0.39, 0.29) is 67.7 Å². The van der Waals surface area contributed by atoms with Crippen molar-refractivity contribution in [2.75, 3.05) is 6.54 Å². The van der Waals surface area contributed by atoms with Crippen LogP contribution in [-0.4, -0.2) is 69.9 Å². The van der Waals surface area contributed by atoms with Gasteiger partial charge < -0.3 is 10.2 Å². The smallest absolute Gasteiger partial charge is 0.245 e. The number of nitrogens with zero attached hydrogens (tertiary/aromatic N) is 2. The fourth-order valence-electron chi connectivity index (χ4n) is 5.09. The first-order chi connectivity index (χ1) is 15.0. The SMILES string of the molecule is C.CC(C)C.CC[C@@H]1[C@H]2[C@H](C(C)=O)N3CCC[C@H]3C(=O)CCC(=O)N[C@@H](CC(C)C)C(=O)N21. The summed E-state index contributed by atoms with van der Waals surface area (Å²) in [6.07, 6.45) is 3.14. The molecule has 0 radical (unpaired) electrons. The summed E-state index contributed by atoms with van der Waals surface area (Å²) in [6.45, 7) is 14.8. The lowest BCUT2D eigenvalue weighted by Crippen LogP contribution is -2.52. The monoisotopic (exact) mass is 465 g/mol. The number of nitrogens with one attached hydrogen (secondary N) is 1. The number of ketones is 2. The van der Waals surface area contributed by atoms with Crippen molar-refractivity contribution in [3.05, 3.63) is 0 Å². The predicted molar refractivity (Wildman–Crippen MR) is 132 cm³/mol. The summed E-state index contributed by atoms with van der Waals surface area (Å²) in [6, 6.07) is -1.55. The molecule has 3 aliphatic rings. The van der Waals surface area contributed by atoms with Crippen LogP contribution < -0.4 is 5.32 Å². The molecule has 0 spiro atoms. The maximum Gasteiger partial charge on any atom is 0.245 e. The van der Waals surface area contributed by atoms with Gasteiger partial charge in [-0.15, -0.1) is 0 Å². The molecule has 7 heteroatoms. The lowest BCUT2D eigenvalue weighted by molar-refractivity contribution is -0.135. The zero-order chi connectivity index (χ0) is 24.2. The Balaban J connectivity index is 0.00000101. The van der Waals surface area contributed by atoms with Crippen LogP contribution in [0.3, 0.4) is 0 Å². The highest BCUT2D eigenvalue weighted by Gasteiger charge is 2.59. The van der Waals surface area contributed by atoms with Crippen molar-refractivity contribution in [1.82, 2.24) is 15.1 Å². The summed E-state index contributed by atoms with van der Waals surface area (Å²) in [5.41, 5.74) is 0. The molecule has 0 aromatic carbocycles. The molecule has 0 unspecified atom stereocenters. The lowest BCUT2D eigenvalue weighted by atomic mass is 9.99. The minimum absolute atomic E-state index is 0. The second-order valence-electron chi connectivity index (χ2n) is 10.6. The highest BCUT2D eigenvalue weighted by Crippen LogP contribution is 2.40. The number of rotatable bonds is 4. The standard InChI is InChI=1S/C21H33N3O4.C4H10.CH4/c1-5-15-20-19(13(4)25)23-10-6-7-16(23)17(26)8-9-18(27)22-14(11-12(2)3)21(28)24(15)20;1-4(2)3;/h12,14-16,19-20H,5-11H2,1-4H3,(H,22,27);4H,1-3H3;1H4/t14-,15+,16-,19-,20-,24?;;/m0../s1. The van der Waals surface area contributed by atoms with Crippen LogP contribution in [0, 0.1) is 11.8 Å². The van der Waals surface area contributed by atoms with Crippen LogP contribution in [0.15, 0.2) is 0 Å². The Hall–Kier alpha value is -1.76. The van der Waals surface area contributed by atoms with Gasteiger partial charge in [0.15, 0.2) is 0 Å². The fraction of sp³-hybridized carbons (Fsp3) is 0.846. The Labute approximate surface area is 201 Å². The third-order valence-corrected chi connectivity index (χ3v) is 6.36. The first-order valence-corrected chi connectivity index (χ1v) is 12.4. The van der Waals surface area contributed by atoms with Gasteiger partial charge in [-0.3, -0.25) is 24.1 Å². The minimum Gasteiger partial charge on any atom is -0.344 e. The average molecular weight is 466 g/mol. The molecule has 0 aromatic rings. The summed E-state index contributed by atoms with van der Waals surface area (Å²) >= 11 is 0. The molecule has 1 N–H and O–H groups in total. The van der Waals surface area contributed by atoms with E-state index in [2.05, 4.69) is 26.1 Å². The van der Waals surface area contributed by atoms with Gasteiger partial charge in [-0.2, -0.15) is 0 Å². The molecular formula is C26H47N3O4. The molecule has 33 heavy (non-hydrogen) atoms. The lowest BCUT2D eigenvalue weighted by Gasteiger charge is -2.32. The topological polar surface area (TPSA) is 86.6 Å². The van der Waals surface area contributed by atoms with Gasteiger partial charge in [0.1, 0.15) is 17.6 Å². The Kier molecular flexibility index (Phi) is 11.2. The van der Waals surface area contributed by atoms with E-state index >= 15 is 0 Å². The van der Waals surface area contributed by atoms with E-state index in [4.69, 9.17) is 0 Å². The van der Waals surface area contributed by atoms with Crippen molar-refractivity contribution >= 4 is 23.4 Å². The number of carbonyl (C=O) groups is 4. The maximum absolute atomic E-state index is 13.3. The van der Waals surface area contributed by atoms with E-state index in [1.165, 1.54) is 0 Å². The summed E-state index contributed by atoms with van der Waals surface area (Å²) in [7, 11) is 0. The number of carbonyl (C=O) groups excluding carboxylic acids is 4. The Morgan fingerprint density at radius 2 is 1.70 bits per heavy atom. The molecule has 3 rings (SSSR count). The van der Waals surface area contributed by atoms with Gasteiger partial charge in [0.25, 0.3) is 0 Å². The van der Waals surface area contributed by atoms with Gasteiger partial charge in [0.2, 0.25) is 11.8 Å². The van der Waals surface area contributed by atoms with Crippen LogP contribution in [0.5, 0.6) is 0 Å². The summed E-state index contributed by atoms with van der Waals surface area (Å²) < 4.78 is 0. The average Bonchev–Trinajstić information content (AvgIpc) is 3.18. The molecule has 0 aliphatic carbocycles. The van der Waals surface area contributed by atoms with Crippen molar-refractivity contribution in [3.8, 4) is 0 Å². The van der Waals surface area contributed by atoms with Gasteiger partial charge >= 0.3 is 0 Å². The first-order valence-electron chi connectivity index (χ1n) is 12.4. The largest absolute Gasteiger partial charge is 0.344 e. The molecule has 5 atom stereocenters. The molecule has 0 saturated carbocycles. The fourth-order valence-corrected chi connectivity index (χ4v) is 5.09. The van der Waals surface area contributed by atoms with Crippen LogP contribution in [0.1, 0.15) is 94.4 Å². The number of hydrogen-bond donors (Lipinski definition) is 1. The second-order valence-corrected chi connectivity index (χ2v) is 10.6. The van der Waals surface area contributed by atoms with E-state index < -0.39 is 12.1 Å². The van der Waals surface area contributed by atoms with Gasteiger partial charge in [-0.05, 0) is 51.0 Å². The van der Waals surface area contributed by atoms with E-state index in [1.807, 2.05) is 25.7 Å². The summed E-state index contributed by atoms with van der Waals surface area (Å²) in [4.78, 5) is 54.9. The van der Waals surface area contributed by atoms with Crippen LogP contribution in [0.4, 0.5) is 0 Å². The van der Waals surface area contributed by atoms with Crippen LogP contribution in [0.2, 0.25) is 0 Å². The van der Waals surface area contributed by atoms with Crippen LogP contribution in [0.25, 0.3) is 0 Å².